The molecule has 0 aliphatic carbocycles. The van der Waals surface area contributed by atoms with E-state index in [1.54, 1.807) is 48.5 Å². The molecule has 0 spiro atoms. The maximum absolute atomic E-state index is 16.7. The second-order valence-electron chi connectivity index (χ2n) is 19.7. The van der Waals surface area contributed by atoms with E-state index < -0.39 is 47.5 Å². The first-order chi connectivity index (χ1) is 35.7. The Kier molecular flexibility index (Phi) is 14.4. The molecule has 17 heteroatoms. The van der Waals surface area contributed by atoms with Gasteiger partial charge in [-0.1, -0.05) is 97.1 Å². The van der Waals surface area contributed by atoms with Gasteiger partial charge in [0, 0.05) is 59.5 Å². The topological polar surface area (TPSA) is 188 Å². The zero-order valence-electron chi connectivity index (χ0n) is 40.6. The molecular weight excluding hydrogens is 977 g/mol. The first kappa shape index (κ1) is 50.2. The smallest absolute Gasteiger partial charge is 0.270 e. The van der Waals surface area contributed by atoms with Crippen LogP contribution in [0.3, 0.4) is 0 Å². The molecule has 10 rings (SSSR count). The molecule has 2 atom stereocenters. The molecule has 2 fully saturated rings. The van der Waals surface area contributed by atoms with Crippen molar-refractivity contribution in [3.63, 3.8) is 0 Å². The van der Waals surface area contributed by atoms with Crippen LogP contribution in [0.4, 0.5) is 11.4 Å². The number of rotatable bonds is 18. The van der Waals surface area contributed by atoms with Crippen LogP contribution in [0.25, 0.3) is 21.8 Å². The number of carbonyl (C=O) groups is 1. The molecule has 15 nitrogen and oxygen atoms in total. The number of hydrogen-bond donors (Lipinski definition) is 0. The highest BCUT2D eigenvalue weighted by molar-refractivity contribution is 7.90. The lowest BCUT2D eigenvalue weighted by Gasteiger charge is -2.36. The van der Waals surface area contributed by atoms with Gasteiger partial charge in [-0.2, -0.15) is 0 Å². The van der Waals surface area contributed by atoms with E-state index in [1.165, 1.54) is 71.8 Å². The zero-order chi connectivity index (χ0) is 51.6. The SMILES string of the molecule is O=C(C(CC1CCN(Cc2ccccc2)CC1)c1cc2cc([N+](=O)[O-])ccc2n1S(=O)(=O)c1ccccc1)C(CC1CCN(Cc2ccccc2)CC1)c1cc2cc([N+](=O)[O-])ccc2n1S(=O)(=O)c1ccccc1. The largest absolute Gasteiger partial charge is 0.299 e. The van der Waals surface area contributed by atoms with Crippen molar-refractivity contribution in [1.29, 1.82) is 0 Å². The molecule has 0 radical (unpaired) electrons. The highest BCUT2D eigenvalue weighted by Gasteiger charge is 2.41. The zero-order valence-corrected chi connectivity index (χ0v) is 42.3. The van der Waals surface area contributed by atoms with Gasteiger partial charge in [0.15, 0.2) is 5.78 Å². The third-order valence-electron chi connectivity index (χ3n) is 15.0. The van der Waals surface area contributed by atoms with Gasteiger partial charge in [-0.15, -0.1) is 0 Å². The van der Waals surface area contributed by atoms with Crippen LogP contribution in [0.5, 0.6) is 0 Å². The summed E-state index contributed by atoms with van der Waals surface area (Å²) >= 11 is 0. The lowest BCUT2D eigenvalue weighted by atomic mass is 9.76. The molecule has 6 aromatic carbocycles. The van der Waals surface area contributed by atoms with E-state index in [2.05, 4.69) is 34.1 Å². The van der Waals surface area contributed by atoms with Gasteiger partial charge >= 0.3 is 0 Å². The number of nitro groups is 2. The van der Waals surface area contributed by atoms with Crippen LogP contribution in [-0.2, 0) is 37.9 Å². The minimum absolute atomic E-state index is 0.0491. The fourth-order valence-corrected chi connectivity index (χ4v) is 14.4. The van der Waals surface area contributed by atoms with Gasteiger partial charge in [-0.05, 0) is 136 Å². The van der Waals surface area contributed by atoms with Crippen LogP contribution >= 0.6 is 0 Å². The maximum Gasteiger partial charge on any atom is 0.270 e. The summed E-state index contributed by atoms with van der Waals surface area (Å²) in [6.45, 7) is 4.33. The summed E-state index contributed by atoms with van der Waals surface area (Å²) in [6.07, 6.45) is 3.14. The minimum Gasteiger partial charge on any atom is -0.299 e. The molecule has 4 heterocycles. The predicted molar refractivity (Wildman–Crippen MR) is 284 cm³/mol. The number of benzene rings is 6. The van der Waals surface area contributed by atoms with E-state index >= 15 is 21.6 Å². The lowest BCUT2D eigenvalue weighted by Crippen LogP contribution is -2.36. The van der Waals surface area contributed by atoms with Crippen LogP contribution in [-0.4, -0.2) is 76.4 Å². The molecule has 0 saturated carbocycles. The molecule has 0 bridgehead atoms. The van der Waals surface area contributed by atoms with Crippen molar-refractivity contribution in [2.24, 2.45) is 11.8 Å². The van der Waals surface area contributed by atoms with Gasteiger partial charge in [-0.3, -0.25) is 34.8 Å². The molecule has 0 amide bonds. The van der Waals surface area contributed by atoms with Crippen LogP contribution in [0, 0.1) is 32.1 Å². The van der Waals surface area contributed by atoms with Gasteiger partial charge in [0.1, 0.15) is 0 Å². The number of aromatic nitrogens is 2. The molecule has 2 unspecified atom stereocenters. The molecule has 0 N–H and O–H groups in total. The summed E-state index contributed by atoms with van der Waals surface area (Å²) in [5.41, 5.74) is 2.37. The summed E-state index contributed by atoms with van der Waals surface area (Å²) in [6, 6.07) is 47.1. The quantitative estimate of drug-likeness (QED) is 0.0587. The summed E-state index contributed by atoms with van der Waals surface area (Å²) in [4.78, 5) is 44.7. The van der Waals surface area contributed by atoms with Gasteiger partial charge in [0.2, 0.25) is 0 Å². The number of likely N-dealkylation sites (tertiary alicyclic amines) is 2. The Morgan fingerprint density at radius 1 is 0.486 bits per heavy atom. The Morgan fingerprint density at radius 2 is 0.824 bits per heavy atom. The highest BCUT2D eigenvalue weighted by atomic mass is 32.2. The van der Waals surface area contributed by atoms with Crippen LogP contribution in [0.15, 0.2) is 180 Å². The normalized spacial score (nSPS) is 16.3. The van der Waals surface area contributed by atoms with E-state index in [4.69, 9.17) is 0 Å². The summed E-state index contributed by atoms with van der Waals surface area (Å²) in [7, 11) is -8.97. The minimum atomic E-state index is -4.48. The fourth-order valence-electron chi connectivity index (χ4n) is 11.2. The average molecular weight is 1030 g/mol. The standard InChI is InChI=1S/C57H56N6O9S2/c64-57(51(33-41-25-29-58(30-26-41)39-43-13-5-1-6-14-43)55-37-45-35-47(62(65)66)21-23-53(45)60(55)73(69,70)49-17-9-3-10-18-49)52(34-42-27-31-59(32-28-42)40-44-15-7-2-8-16-44)56-38-46-36-48(63(67)68)22-24-54(46)61(56)74(71,72)50-19-11-4-12-20-50/h1-24,35-38,41-42,51-52H,25-34,39-40H2. The van der Waals surface area contributed by atoms with Crippen molar-refractivity contribution >= 4 is 59.0 Å². The summed E-state index contributed by atoms with van der Waals surface area (Å²) in [5, 5.41) is 25.0. The van der Waals surface area contributed by atoms with Crippen LogP contribution in [0.1, 0.15) is 72.9 Å². The molecule has 74 heavy (non-hydrogen) atoms. The monoisotopic (exact) mass is 1030 g/mol. The fraction of sp³-hybridized carbons (Fsp3) is 0.281. The van der Waals surface area contributed by atoms with Gasteiger partial charge in [0.25, 0.3) is 31.4 Å². The second-order valence-corrected chi connectivity index (χ2v) is 23.3. The Morgan fingerprint density at radius 3 is 1.16 bits per heavy atom. The van der Waals surface area contributed by atoms with Crippen molar-refractivity contribution in [3.05, 3.63) is 213 Å². The third kappa shape index (κ3) is 10.4. The van der Waals surface area contributed by atoms with Crippen molar-refractivity contribution in [1.82, 2.24) is 17.7 Å². The van der Waals surface area contributed by atoms with Crippen molar-refractivity contribution in [3.8, 4) is 0 Å². The van der Waals surface area contributed by atoms with E-state index in [0.29, 0.717) is 51.9 Å². The van der Waals surface area contributed by atoms with Gasteiger partial charge in [-0.25, -0.2) is 24.8 Å². The highest BCUT2D eigenvalue weighted by Crippen LogP contribution is 2.44. The van der Waals surface area contributed by atoms with E-state index in [-0.39, 0.29) is 79.0 Å². The summed E-state index contributed by atoms with van der Waals surface area (Å²) < 4.78 is 63.2. The molecule has 2 saturated heterocycles. The van der Waals surface area contributed by atoms with Crippen LogP contribution in [0.2, 0.25) is 0 Å². The van der Waals surface area contributed by atoms with E-state index in [9.17, 15) is 20.2 Å². The maximum atomic E-state index is 16.7. The molecule has 2 aromatic heterocycles. The van der Waals surface area contributed by atoms with Gasteiger partial charge in [0.05, 0.1) is 42.5 Å². The number of nitro benzene ring substituents is 2. The van der Waals surface area contributed by atoms with Crippen molar-refractivity contribution in [2.45, 2.75) is 73.2 Å². The molecule has 2 aliphatic rings. The Labute approximate surface area is 430 Å². The number of carbonyl (C=O) groups excluding carboxylic acids is 1. The molecule has 2 aliphatic heterocycles. The van der Waals surface area contributed by atoms with Crippen molar-refractivity contribution in [2.75, 3.05) is 26.2 Å². The van der Waals surface area contributed by atoms with Gasteiger partial charge < -0.3 is 0 Å². The predicted octanol–water partition coefficient (Wildman–Crippen LogP) is 10.9. The molecular formula is C57H56N6O9S2. The van der Waals surface area contributed by atoms with E-state index in [0.717, 1.165) is 21.0 Å². The Hall–Kier alpha value is -7.31. The third-order valence-corrected chi connectivity index (χ3v) is 18.5. The first-order valence-corrected chi connectivity index (χ1v) is 27.9. The average Bonchev–Trinajstić information content (AvgIpc) is 4.01. The number of non-ortho nitro benzene ring substituents is 2. The number of Topliss-reactive ketones (excluding diaryl/α,β-unsaturated/α-hetero) is 1. The lowest BCUT2D eigenvalue weighted by molar-refractivity contribution is -0.384. The number of nitrogens with zero attached hydrogens (tertiary/aromatic N) is 6. The van der Waals surface area contributed by atoms with Crippen LogP contribution < -0.4 is 0 Å². The second kappa shape index (κ2) is 21.3. The van der Waals surface area contributed by atoms with Crippen molar-refractivity contribution < 1.29 is 31.5 Å². The number of ketones is 1. The Balaban J connectivity index is 1.14. The number of fused-ring (bicyclic) bond motifs is 2. The number of hydrogen-bond acceptors (Lipinski definition) is 11. The van der Waals surface area contributed by atoms with E-state index in [1.807, 2.05) is 36.4 Å². The summed E-state index contributed by atoms with van der Waals surface area (Å²) in [5.74, 6) is -2.92. The molecule has 380 valence electrons. The Bertz CT molecular complexity index is 3320. The first-order valence-electron chi connectivity index (χ1n) is 25.0. The number of piperidine rings is 2. The molecule has 8 aromatic rings.